The average molecular weight is 310 g/mol. The van der Waals surface area contributed by atoms with E-state index in [0.717, 1.165) is 6.54 Å². The maximum absolute atomic E-state index is 12.1. The molecule has 0 unspecified atom stereocenters. The Morgan fingerprint density at radius 2 is 2.19 bits per heavy atom. The van der Waals surface area contributed by atoms with Crippen LogP contribution in [0.1, 0.15) is 13.3 Å². The maximum Gasteiger partial charge on any atom is 0.242 e. The zero-order valence-corrected chi connectivity index (χ0v) is 12.5. The van der Waals surface area contributed by atoms with Crippen molar-refractivity contribution in [1.82, 2.24) is 24.7 Å². The molecule has 9 heteroatoms. The molecule has 0 atom stereocenters. The molecule has 2 rings (SSSR count). The standard InChI is InChI=1S/C12H18N6O2S/c1-2-13-12-5-4-11(10-14-12)21(19,20)16-6-3-8-18-9-7-15-17-18/h4-5,7,9-10,16H,2-3,6,8H2,1H3,(H,13,14). The first-order valence-corrected chi connectivity index (χ1v) is 8.14. The monoisotopic (exact) mass is 310 g/mol. The molecule has 2 aromatic rings. The lowest BCUT2D eigenvalue weighted by Crippen LogP contribution is -2.25. The molecule has 2 N–H and O–H groups in total. The van der Waals surface area contributed by atoms with Crippen molar-refractivity contribution in [3.8, 4) is 0 Å². The van der Waals surface area contributed by atoms with Crippen LogP contribution in [0.2, 0.25) is 0 Å². The van der Waals surface area contributed by atoms with Crippen molar-refractivity contribution in [2.24, 2.45) is 0 Å². The molecule has 114 valence electrons. The van der Waals surface area contributed by atoms with Gasteiger partial charge in [0.25, 0.3) is 0 Å². The smallest absolute Gasteiger partial charge is 0.242 e. The second-order valence-corrected chi connectivity index (χ2v) is 6.09. The van der Waals surface area contributed by atoms with Gasteiger partial charge in [-0.3, -0.25) is 4.68 Å². The molecule has 2 heterocycles. The molecule has 2 aromatic heterocycles. The Kier molecular flexibility index (Phi) is 5.23. The van der Waals surface area contributed by atoms with Crippen molar-refractivity contribution in [3.05, 3.63) is 30.7 Å². The van der Waals surface area contributed by atoms with Crippen molar-refractivity contribution < 1.29 is 8.42 Å². The fraction of sp³-hybridized carbons (Fsp3) is 0.417. The largest absolute Gasteiger partial charge is 0.370 e. The van der Waals surface area contributed by atoms with E-state index in [2.05, 4.69) is 25.3 Å². The first-order chi connectivity index (χ1) is 10.1. The van der Waals surface area contributed by atoms with Gasteiger partial charge < -0.3 is 5.32 Å². The highest BCUT2D eigenvalue weighted by Gasteiger charge is 2.13. The van der Waals surface area contributed by atoms with Crippen molar-refractivity contribution in [1.29, 1.82) is 0 Å². The third-order valence-electron chi connectivity index (χ3n) is 2.73. The van der Waals surface area contributed by atoms with Crippen LogP contribution in [0.15, 0.2) is 35.6 Å². The van der Waals surface area contributed by atoms with Gasteiger partial charge in [0, 0.05) is 32.0 Å². The Morgan fingerprint density at radius 3 is 2.81 bits per heavy atom. The first kappa shape index (κ1) is 15.4. The van der Waals surface area contributed by atoms with Crippen LogP contribution >= 0.6 is 0 Å². The zero-order valence-electron chi connectivity index (χ0n) is 11.7. The van der Waals surface area contributed by atoms with Gasteiger partial charge in [-0.1, -0.05) is 5.21 Å². The normalized spacial score (nSPS) is 11.5. The van der Waals surface area contributed by atoms with E-state index in [1.165, 1.54) is 12.3 Å². The number of rotatable bonds is 8. The first-order valence-electron chi connectivity index (χ1n) is 6.65. The lowest BCUT2D eigenvalue weighted by atomic mass is 10.4. The Labute approximate surface area is 123 Å². The van der Waals surface area contributed by atoms with E-state index in [1.54, 1.807) is 23.1 Å². The van der Waals surface area contributed by atoms with Crippen LogP contribution in [0.5, 0.6) is 0 Å². The number of aryl methyl sites for hydroxylation is 1. The number of aromatic nitrogens is 4. The van der Waals surface area contributed by atoms with E-state index in [0.29, 0.717) is 25.3 Å². The molecule has 0 aliphatic heterocycles. The number of nitrogens with one attached hydrogen (secondary N) is 2. The SMILES string of the molecule is CCNc1ccc(S(=O)(=O)NCCCn2ccnn2)cn1. The van der Waals surface area contributed by atoms with Crippen molar-refractivity contribution >= 4 is 15.8 Å². The summed E-state index contributed by atoms with van der Waals surface area (Å²) in [6.07, 6.45) is 5.29. The Bertz CT molecular complexity index is 639. The van der Waals surface area contributed by atoms with Crippen LogP contribution in [0.4, 0.5) is 5.82 Å². The van der Waals surface area contributed by atoms with E-state index in [-0.39, 0.29) is 4.90 Å². The van der Waals surface area contributed by atoms with Crippen LogP contribution in [0.3, 0.4) is 0 Å². The number of pyridine rings is 1. The van der Waals surface area contributed by atoms with Crippen LogP contribution in [0.25, 0.3) is 0 Å². The molecule has 0 aliphatic rings. The third kappa shape index (κ3) is 4.50. The summed E-state index contributed by atoms with van der Waals surface area (Å²) in [6, 6.07) is 3.18. The van der Waals surface area contributed by atoms with Crippen LogP contribution in [-0.2, 0) is 16.6 Å². The summed E-state index contributed by atoms with van der Waals surface area (Å²) in [5.41, 5.74) is 0. The molecule has 0 bridgehead atoms. The zero-order chi connectivity index (χ0) is 15.1. The number of hydrogen-bond donors (Lipinski definition) is 2. The molecule has 21 heavy (non-hydrogen) atoms. The van der Waals surface area contributed by atoms with E-state index in [4.69, 9.17) is 0 Å². The molecular weight excluding hydrogens is 292 g/mol. The minimum absolute atomic E-state index is 0.157. The van der Waals surface area contributed by atoms with Gasteiger partial charge in [0.15, 0.2) is 0 Å². The molecular formula is C12H18N6O2S. The van der Waals surface area contributed by atoms with E-state index in [1.807, 2.05) is 6.92 Å². The van der Waals surface area contributed by atoms with E-state index >= 15 is 0 Å². The van der Waals surface area contributed by atoms with Crippen molar-refractivity contribution in [2.45, 2.75) is 24.8 Å². The fourth-order valence-electron chi connectivity index (χ4n) is 1.71. The van der Waals surface area contributed by atoms with Crippen LogP contribution in [-0.4, -0.2) is 41.5 Å². The minimum Gasteiger partial charge on any atom is -0.370 e. The Morgan fingerprint density at radius 1 is 1.33 bits per heavy atom. The summed E-state index contributed by atoms with van der Waals surface area (Å²) < 4.78 is 28.3. The predicted octanol–water partition coefficient (Wildman–Crippen LogP) is 0.473. The molecule has 0 saturated heterocycles. The summed E-state index contributed by atoms with van der Waals surface area (Å²) >= 11 is 0. The molecule has 0 aromatic carbocycles. The highest BCUT2D eigenvalue weighted by Crippen LogP contribution is 2.10. The average Bonchev–Trinajstić information content (AvgIpc) is 2.98. The van der Waals surface area contributed by atoms with E-state index in [9.17, 15) is 8.42 Å². The van der Waals surface area contributed by atoms with Gasteiger partial charge in [-0.05, 0) is 25.5 Å². The summed E-state index contributed by atoms with van der Waals surface area (Å²) in [5, 5.41) is 10.5. The molecule has 8 nitrogen and oxygen atoms in total. The van der Waals surface area contributed by atoms with Gasteiger partial charge in [-0.25, -0.2) is 18.1 Å². The van der Waals surface area contributed by atoms with Crippen molar-refractivity contribution in [2.75, 3.05) is 18.4 Å². The minimum atomic E-state index is -3.52. The highest BCUT2D eigenvalue weighted by atomic mass is 32.2. The van der Waals surface area contributed by atoms with Crippen LogP contribution in [0, 0.1) is 0 Å². The quantitative estimate of drug-likeness (QED) is 0.687. The molecule has 0 radical (unpaired) electrons. The molecule has 0 fully saturated rings. The van der Waals surface area contributed by atoms with Gasteiger partial charge >= 0.3 is 0 Å². The third-order valence-corrected chi connectivity index (χ3v) is 4.18. The second kappa shape index (κ2) is 7.14. The summed E-state index contributed by atoms with van der Waals surface area (Å²) in [6.45, 7) is 3.62. The molecule has 0 saturated carbocycles. The fourth-order valence-corrected chi connectivity index (χ4v) is 2.73. The molecule has 0 aliphatic carbocycles. The van der Waals surface area contributed by atoms with Gasteiger partial charge in [0.2, 0.25) is 10.0 Å². The molecule has 0 amide bonds. The highest BCUT2D eigenvalue weighted by molar-refractivity contribution is 7.89. The van der Waals surface area contributed by atoms with Gasteiger partial charge in [0.05, 0.1) is 6.20 Å². The van der Waals surface area contributed by atoms with Crippen molar-refractivity contribution in [3.63, 3.8) is 0 Å². The summed E-state index contributed by atoms with van der Waals surface area (Å²) in [7, 11) is -3.52. The summed E-state index contributed by atoms with van der Waals surface area (Å²) in [4.78, 5) is 4.21. The van der Waals surface area contributed by atoms with Crippen LogP contribution < -0.4 is 10.0 Å². The lowest BCUT2D eigenvalue weighted by molar-refractivity contribution is 0.542. The Hall–Kier alpha value is -2.00. The molecule has 0 spiro atoms. The van der Waals surface area contributed by atoms with Gasteiger partial charge in [-0.15, -0.1) is 5.10 Å². The predicted molar refractivity (Wildman–Crippen MR) is 78.2 cm³/mol. The Balaban J connectivity index is 1.85. The number of anilines is 1. The van der Waals surface area contributed by atoms with Gasteiger partial charge in [0.1, 0.15) is 10.7 Å². The van der Waals surface area contributed by atoms with E-state index < -0.39 is 10.0 Å². The number of hydrogen-bond acceptors (Lipinski definition) is 6. The topological polar surface area (TPSA) is 102 Å². The lowest BCUT2D eigenvalue weighted by Gasteiger charge is -2.07. The summed E-state index contributed by atoms with van der Waals surface area (Å²) in [5.74, 6) is 0.655. The van der Waals surface area contributed by atoms with Gasteiger partial charge in [-0.2, -0.15) is 0 Å². The second-order valence-electron chi connectivity index (χ2n) is 4.33. The number of sulfonamides is 1. The maximum atomic E-state index is 12.1. The number of nitrogens with zero attached hydrogens (tertiary/aromatic N) is 4.